The van der Waals surface area contributed by atoms with Crippen molar-refractivity contribution in [2.75, 3.05) is 13.1 Å². The zero-order valence-electron chi connectivity index (χ0n) is 16.6. The van der Waals surface area contributed by atoms with Gasteiger partial charge in [0.15, 0.2) is 5.96 Å². The number of hydrogen-bond acceptors (Lipinski definition) is 4. The number of aromatic nitrogens is 3. The van der Waals surface area contributed by atoms with Crippen LogP contribution in [0.5, 0.6) is 0 Å². The van der Waals surface area contributed by atoms with Gasteiger partial charge in [-0.1, -0.05) is 39.7 Å². The van der Waals surface area contributed by atoms with E-state index in [0.29, 0.717) is 6.04 Å². The number of guanidine groups is 1. The number of halogens is 1. The Balaban J connectivity index is 0.00000364. The first-order chi connectivity index (χ1) is 12.8. The van der Waals surface area contributed by atoms with Crippen molar-refractivity contribution >= 4 is 41.3 Å². The number of hydrogen-bond donors (Lipinski definition) is 2. The van der Waals surface area contributed by atoms with Crippen molar-refractivity contribution in [3.63, 3.8) is 0 Å². The molecule has 2 rings (SSSR count). The zero-order chi connectivity index (χ0) is 18.6. The maximum Gasteiger partial charge on any atom is 0.191 e. The largest absolute Gasteiger partial charge is 0.355 e. The molecule has 0 saturated heterocycles. The molecule has 0 radical (unpaired) electrons. The van der Waals surface area contributed by atoms with Gasteiger partial charge in [0.05, 0.1) is 6.04 Å². The van der Waals surface area contributed by atoms with Crippen molar-refractivity contribution in [2.45, 2.75) is 65.5 Å². The summed E-state index contributed by atoms with van der Waals surface area (Å²) in [6.07, 6.45) is 7.29. The lowest BCUT2D eigenvalue weighted by molar-refractivity contribution is 0.594. The van der Waals surface area contributed by atoms with Gasteiger partial charge in [-0.3, -0.25) is 4.99 Å². The van der Waals surface area contributed by atoms with E-state index in [-0.39, 0.29) is 24.0 Å². The summed E-state index contributed by atoms with van der Waals surface area (Å²) in [5.74, 6) is 1.92. The molecular formula is C19H33IN6S. The Kier molecular flexibility index (Phi) is 12.3. The number of aliphatic imine (C=N–C) groups is 1. The highest BCUT2D eigenvalue weighted by atomic mass is 127. The molecule has 1 atom stereocenters. The van der Waals surface area contributed by atoms with E-state index >= 15 is 0 Å². The molecule has 0 fully saturated rings. The number of thiophene rings is 1. The van der Waals surface area contributed by atoms with Crippen molar-refractivity contribution in [1.29, 1.82) is 0 Å². The smallest absolute Gasteiger partial charge is 0.191 e. The molecule has 8 heteroatoms. The molecule has 0 amide bonds. The van der Waals surface area contributed by atoms with Gasteiger partial charge >= 0.3 is 0 Å². The fourth-order valence-corrected chi connectivity index (χ4v) is 3.63. The summed E-state index contributed by atoms with van der Waals surface area (Å²) >= 11 is 1.79. The van der Waals surface area contributed by atoms with Crippen LogP contribution in [-0.2, 0) is 13.0 Å². The lowest BCUT2D eigenvalue weighted by atomic mass is 10.2. The maximum atomic E-state index is 4.78. The highest BCUT2D eigenvalue weighted by molar-refractivity contribution is 14.0. The first kappa shape index (κ1) is 23.9. The average molecular weight is 504 g/mol. The molecule has 1 unspecified atom stereocenters. The molecule has 0 bridgehead atoms. The van der Waals surface area contributed by atoms with Crippen LogP contribution in [0.1, 0.15) is 63.2 Å². The molecule has 152 valence electrons. The number of nitrogens with one attached hydrogen (secondary N) is 2. The van der Waals surface area contributed by atoms with Gasteiger partial charge in [-0.15, -0.1) is 45.5 Å². The van der Waals surface area contributed by atoms with Crippen molar-refractivity contribution < 1.29 is 0 Å². The minimum Gasteiger partial charge on any atom is -0.355 e. The molecule has 0 spiro atoms. The quantitative estimate of drug-likeness (QED) is 0.206. The lowest BCUT2D eigenvalue weighted by Gasteiger charge is -2.20. The van der Waals surface area contributed by atoms with Crippen LogP contribution in [0.25, 0.3) is 0 Å². The van der Waals surface area contributed by atoms with E-state index in [1.165, 1.54) is 17.7 Å². The van der Waals surface area contributed by atoms with E-state index < -0.39 is 0 Å². The Morgan fingerprint density at radius 3 is 2.81 bits per heavy atom. The fourth-order valence-electron chi connectivity index (χ4n) is 2.77. The van der Waals surface area contributed by atoms with Crippen molar-refractivity contribution in [1.82, 2.24) is 25.4 Å². The van der Waals surface area contributed by atoms with Gasteiger partial charge in [0.25, 0.3) is 0 Å². The fraction of sp³-hybridized carbons (Fsp3) is 0.632. The molecule has 2 aromatic rings. The molecule has 2 N–H and O–H groups in total. The van der Waals surface area contributed by atoms with Gasteiger partial charge in [0.1, 0.15) is 12.2 Å². The molecule has 0 aliphatic heterocycles. The molecule has 0 aliphatic carbocycles. The van der Waals surface area contributed by atoms with Gasteiger partial charge < -0.3 is 15.2 Å². The second kappa shape index (κ2) is 13.9. The van der Waals surface area contributed by atoms with E-state index in [1.54, 1.807) is 17.7 Å². The SMILES string of the molecule is CCCCCN=C(NCCn1cnnc1CC)NC(CC)c1cccs1.I. The number of rotatable bonds is 11. The topological polar surface area (TPSA) is 67.1 Å². The Labute approximate surface area is 184 Å². The molecule has 2 heterocycles. The maximum absolute atomic E-state index is 4.78. The van der Waals surface area contributed by atoms with Gasteiger partial charge in [-0.05, 0) is 24.3 Å². The van der Waals surface area contributed by atoms with Crippen LogP contribution in [0.3, 0.4) is 0 Å². The van der Waals surface area contributed by atoms with E-state index in [0.717, 1.165) is 50.7 Å². The normalized spacial score (nSPS) is 12.5. The second-order valence-corrected chi connectivity index (χ2v) is 7.26. The first-order valence-electron chi connectivity index (χ1n) is 9.73. The van der Waals surface area contributed by atoms with Gasteiger partial charge in [0, 0.05) is 30.9 Å². The van der Waals surface area contributed by atoms with Gasteiger partial charge in [-0.25, -0.2) is 0 Å². The average Bonchev–Trinajstić information content (AvgIpc) is 3.34. The third-order valence-electron chi connectivity index (χ3n) is 4.29. The molecular weight excluding hydrogens is 471 g/mol. The third-order valence-corrected chi connectivity index (χ3v) is 5.28. The molecule has 2 aromatic heterocycles. The first-order valence-corrected chi connectivity index (χ1v) is 10.6. The number of nitrogens with zero attached hydrogens (tertiary/aromatic N) is 4. The van der Waals surface area contributed by atoms with Gasteiger partial charge in [-0.2, -0.15) is 0 Å². The molecule has 6 nitrogen and oxygen atoms in total. The number of aryl methyl sites for hydroxylation is 1. The van der Waals surface area contributed by atoms with Crippen LogP contribution in [-0.4, -0.2) is 33.8 Å². The van der Waals surface area contributed by atoms with E-state index in [9.17, 15) is 0 Å². The van der Waals surface area contributed by atoms with Crippen LogP contribution in [0.2, 0.25) is 0 Å². The van der Waals surface area contributed by atoms with Crippen LogP contribution < -0.4 is 10.6 Å². The highest BCUT2D eigenvalue weighted by Crippen LogP contribution is 2.21. The van der Waals surface area contributed by atoms with Gasteiger partial charge in [0.2, 0.25) is 0 Å². The standard InChI is InChI=1S/C19H32N6S.HI/c1-4-7-8-11-20-19(23-16(5-2)17-10-9-14-26-17)21-12-13-25-15-22-24-18(25)6-3;/h9-10,14-16H,4-8,11-13H2,1-3H3,(H2,20,21,23);1H. The van der Waals surface area contributed by atoms with E-state index in [2.05, 4.69) is 63.7 Å². The summed E-state index contributed by atoms with van der Waals surface area (Å²) in [4.78, 5) is 6.13. The summed E-state index contributed by atoms with van der Waals surface area (Å²) in [6, 6.07) is 4.59. The Morgan fingerprint density at radius 2 is 2.15 bits per heavy atom. The molecule has 0 saturated carbocycles. The Bertz CT molecular complexity index is 640. The van der Waals surface area contributed by atoms with Crippen molar-refractivity contribution in [2.24, 2.45) is 4.99 Å². The van der Waals surface area contributed by atoms with E-state index in [4.69, 9.17) is 4.99 Å². The molecule has 0 aromatic carbocycles. The number of unbranched alkanes of at least 4 members (excludes halogenated alkanes) is 2. The predicted molar refractivity (Wildman–Crippen MR) is 125 cm³/mol. The van der Waals surface area contributed by atoms with Crippen LogP contribution in [0.4, 0.5) is 0 Å². The van der Waals surface area contributed by atoms with E-state index in [1.807, 2.05) is 0 Å². The minimum atomic E-state index is 0. The Morgan fingerprint density at radius 1 is 1.30 bits per heavy atom. The van der Waals surface area contributed by atoms with Crippen LogP contribution in [0, 0.1) is 0 Å². The lowest BCUT2D eigenvalue weighted by Crippen LogP contribution is -2.40. The minimum absolute atomic E-state index is 0. The third kappa shape index (κ3) is 8.16. The second-order valence-electron chi connectivity index (χ2n) is 6.28. The summed E-state index contributed by atoms with van der Waals surface area (Å²) in [5.41, 5.74) is 0. The zero-order valence-corrected chi connectivity index (χ0v) is 19.8. The van der Waals surface area contributed by atoms with Crippen LogP contribution in [0.15, 0.2) is 28.8 Å². The van der Waals surface area contributed by atoms with Crippen molar-refractivity contribution in [3.8, 4) is 0 Å². The van der Waals surface area contributed by atoms with Crippen LogP contribution >= 0.6 is 35.3 Å². The Hall–Kier alpha value is -1.16. The summed E-state index contributed by atoms with van der Waals surface area (Å²) < 4.78 is 2.10. The summed E-state index contributed by atoms with van der Waals surface area (Å²) in [5, 5.41) is 17.3. The predicted octanol–water partition coefficient (Wildman–Crippen LogP) is 4.40. The highest BCUT2D eigenvalue weighted by Gasteiger charge is 2.12. The summed E-state index contributed by atoms with van der Waals surface area (Å²) in [7, 11) is 0. The molecule has 0 aliphatic rings. The summed E-state index contributed by atoms with van der Waals surface area (Å²) in [6.45, 7) is 9.01. The molecule has 27 heavy (non-hydrogen) atoms. The monoisotopic (exact) mass is 504 g/mol. The van der Waals surface area contributed by atoms with Crippen molar-refractivity contribution in [3.05, 3.63) is 34.5 Å².